The van der Waals surface area contributed by atoms with Crippen molar-refractivity contribution in [3.8, 4) is 22.3 Å². The van der Waals surface area contributed by atoms with E-state index in [4.69, 9.17) is 4.74 Å². The van der Waals surface area contributed by atoms with Crippen LogP contribution in [-0.2, 0) is 26.1 Å². The fourth-order valence-corrected chi connectivity index (χ4v) is 5.90. The summed E-state index contributed by atoms with van der Waals surface area (Å²) in [5.74, 6) is -1.13. The van der Waals surface area contributed by atoms with Crippen molar-refractivity contribution in [2.45, 2.75) is 59.8 Å². The van der Waals surface area contributed by atoms with Crippen molar-refractivity contribution in [1.82, 2.24) is 4.98 Å². The van der Waals surface area contributed by atoms with Crippen LogP contribution in [0, 0.1) is 20.8 Å². The van der Waals surface area contributed by atoms with Gasteiger partial charge in [-0.05, 0) is 81.0 Å². The number of aryl methyl sites for hydroxylation is 1. The molecule has 2 aromatic carbocycles. The van der Waals surface area contributed by atoms with Gasteiger partial charge in [0.15, 0.2) is 6.10 Å². The maximum absolute atomic E-state index is 13.0. The first-order chi connectivity index (χ1) is 16.7. The van der Waals surface area contributed by atoms with Gasteiger partial charge in [0.2, 0.25) is 10.0 Å². The van der Waals surface area contributed by atoms with Crippen molar-refractivity contribution in [3.63, 3.8) is 0 Å². The highest BCUT2D eigenvalue weighted by Crippen LogP contribution is 2.51. The molecule has 0 spiro atoms. The lowest BCUT2D eigenvalue weighted by Gasteiger charge is -2.37. The van der Waals surface area contributed by atoms with Crippen molar-refractivity contribution >= 4 is 21.7 Å². The van der Waals surface area contributed by atoms with Gasteiger partial charge in [0, 0.05) is 23.5 Å². The molecule has 1 N–H and O–H groups in total. The molecule has 1 atom stereocenters. The van der Waals surface area contributed by atoms with Gasteiger partial charge in [-0.1, -0.05) is 29.8 Å². The number of carboxylic acid groups (broad SMARTS) is 1. The molecule has 0 unspecified atom stereocenters. The van der Waals surface area contributed by atoms with E-state index in [1.807, 2.05) is 44.2 Å². The summed E-state index contributed by atoms with van der Waals surface area (Å²) in [5, 5.41) is 10.3. The molecular formula is C28H32N2O5S. The summed E-state index contributed by atoms with van der Waals surface area (Å²) in [4.78, 5) is 16.9. The highest BCUT2D eigenvalue weighted by Gasteiger charge is 2.38. The Bertz CT molecular complexity index is 1450. The van der Waals surface area contributed by atoms with Crippen LogP contribution in [0.25, 0.3) is 22.3 Å². The van der Waals surface area contributed by atoms with Gasteiger partial charge >= 0.3 is 5.97 Å². The quantitative estimate of drug-likeness (QED) is 0.485. The van der Waals surface area contributed by atoms with Crippen LogP contribution in [0.5, 0.6) is 0 Å². The molecule has 0 fully saturated rings. The number of nitrogens with zero attached hydrogens (tertiary/aromatic N) is 2. The van der Waals surface area contributed by atoms with Gasteiger partial charge in [0.25, 0.3) is 0 Å². The molecule has 1 aromatic heterocycles. The first-order valence-electron chi connectivity index (χ1n) is 11.8. The van der Waals surface area contributed by atoms with Gasteiger partial charge in [0.1, 0.15) is 0 Å². The van der Waals surface area contributed by atoms with Crippen LogP contribution in [-0.4, -0.2) is 36.3 Å². The number of rotatable bonds is 5. The Labute approximate surface area is 212 Å². The largest absolute Gasteiger partial charge is 0.479 e. The minimum atomic E-state index is -3.68. The fourth-order valence-electron chi connectivity index (χ4n) is 4.97. The van der Waals surface area contributed by atoms with E-state index in [1.165, 1.54) is 10.6 Å². The summed E-state index contributed by atoms with van der Waals surface area (Å²) in [5.41, 5.74) is 6.66. The molecule has 7 nitrogen and oxygen atoms in total. The Hall–Kier alpha value is -3.23. The summed E-state index contributed by atoms with van der Waals surface area (Å²) in [6, 6.07) is 9.78. The Morgan fingerprint density at radius 3 is 2.25 bits per heavy atom. The number of carbonyl (C=O) groups is 1. The maximum atomic E-state index is 13.0. The Balaban J connectivity index is 2.20. The lowest BCUT2D eigenvalue weighted by atomic mass is 9.80. The number of hydrogen-bond donors (Lipinski definition) is 1. The van der Waals surface area contributed by atoms with Crippen molar-refractivity contribution in [2.24, 2.45) is 0 Å². The lowest BCUT2D eigenvalue weighted by Crippen LogP contribution is -2.34. The van der Waals surface area contributed by atoms with Gasteiger partial charge in [-0.25, -0.2) is 13.2 Å². The standard InChI is InChI=1S/C28H32N2O5S/c1-16-8-10-19(11-9-16)22-17(2)23-21-12-13-29-14-20(21)15-30(36(7,33)34)25(23)18(3)24(22)26(27(31)32)35-28(4,5)6/h8-14,26H,15H2,1-7H3,(H,31,32)/t26-/m0/s1. The molecular weight excluding hydrogens is 476 g/mol. The minimum Gasteiger partial charge on any atom is -0.479 e. The molecule has 0 radical (unpaired) electrons. The topological polar surface area (TPSA) is 96.8 Å². The summed E-state index contributed by atoms with van der Waals surface area (Å²) in [6.45, 7) is 11.2. The zero-order valence-corrected chi connectivity index (χ0v) is 22.5. The molecule has 0 saturated heterocycles. The number of hydrogen-bond acceptors (Lipinski definition) is 5. The number of pyridine rings is 1. The predicted molar refractivity (Wildman–Crippen MR) is 142 cm³/mol. The van der Waals surface area contributed by atoms with Gasteiger partial charge < -0.3 is 9.84 Å². The molecule has 3 aromatic rings. The van der Waals surface area contributed by atoms with Crippen LogP contribution in [0.4, 0.5) is 5.69 Å². The van der Waals surface area contributed by atoms with Crippen molar-refractivity contribution in [3.05, 3.63) is 70.5 Å². The van der Waals surface area contributed by atoms with Gasteiger partial charge in [-0.15, -0.1) is 0 Å². The number of benzene rings is 2. The fraction of sp³-hybridized carbons (Fsp3) is 0.357. The van der Waals surface area contributed by atoms with E-state index in [-0.39, 0.29) is 6.54 Å². The number of sulfonamides is 1. The predicted octanol–water partition coefficient (Wildman–Crippen LogP) is 5.56. The van der Waals surface area contributed by atoms with Gasteiger partial charge in [-0.2, -0.15) is 0 Å². The van der Waals surface area contributed by atoms with Crippen LogP contribution in [0.2, 0.25) is 0 Å². The van der Waals surface area contributed by atoms with E-state index < -0.39 is 27.7 Å². The average Bonchev–Trinajstić information content (AvgIpc) is 2.78. The molecule has 2 heterocycles. The van der Waals surface area contributed by atoms with Gasteiger partial charge in [0.05, 0.1) is 24.1 Å². The van der Waals surface area contributed by atoms with E-state index in [0.717, 1.165) is 38.9 Å². The van der Waals surface area contributed by atoms with E-state index in [2.05, 4.69) is 4.98 Å². The Morgan fingerprint density at radius 2 is 1.69 bits per heavy atom. The van der Waals surface area contributed by atoms with Crippen LogP contribution in [0.15, 0.2) is 42.7 Å². The molecule has 0 saturated carbocycles. The van der Waals surface area contributed by atoms with E-state index in [0.29, 0.717) is 16.8 Å². The van der Waals surface area contributed by atoms with E-state index in [1.54, 1.807) is 40.1 Å². The number of aromatic nitrogens is 1. The Morgan fingerprint density at radius 1 is 1.06 bits per heavy atom. The number of aliphatic carboxylic acids is 1. The first kappa shape index (κ1) is 25.9. The normalized spacial score (nSPS) is 14.2. The average molecular weight is 509 g/mol. The van der Waals surface area contributed by atoms with Crippen LogP contribution in [0.1, 0.15) is 54.7 Å². The van der Waals surface area contributed by atoms with Crippen molar-refractivity contribution < 1.29 is 23.1 Å². The number of fused-ring (bicyclic) bond motifs is 3. The molecule has 8 heteroatoms. The lowest BCUT2D eigenvalue weighted by molar-refractivity contribution is -0.160. The highest BCUT2D eigenvalue weighted by atomic mass is 32.2. The third-order valence-electron chi connectivity index (χ3n) is 6.45. The maximum Gasteiger partial charge on any atom is 0.337 e. The molecule has 36 heavy (non-hydrogen) atoms. The first-order valence-corrected chi connectivity index (χ1v) is 13.6. The SMILES string of the molecule is Cc1ccc(-c2c(C)c3c(c(C)c2[C@H](OC(C)(C)C)C(=O)O)N(S(C)(=O)=O)Cc2cnccc2-3)cc1. The smallest absolute Gasteiger partial charge is 0.337 e. The van der Waals surface area contributed by atoms with Crippen molar-refractivity contribution in [2.75, 3.05) is 10.6 Å². The number of anilines is 1. The Kier molecular flexibility index (Phi) is 6.47. The molecule has 1 aliphatic heterocycles. The second kappa shape index (κ2) is 9.01. The second-order valence-electron chi connectivity index (χ2n) is 10.4. The third kappa shape index (κ3) is 4.63. The van der Waals surface area contributed by atoms with Crippen molar-refractivity contribution in [1.29, 1.82) is 0 Å². The summed E-state index contributed by atoms with van der Waals surface area (Å²) < 4.78 is 33.5. The van der Waals surface area contributed by atoms with Gasteiger partial charge in [-0.3, -0.25) is 9.29 Å². The summed E-state index contributed by atoms with van der Waals surface area (Å²) in [7, 11) is -3.68. The number of ether oxygens (including phenoxy) is 1. The van der Waals surface area contributed by atoms with E-state index in [9.17, 15) is 18.3 Å². The minimum absolute atomic E-state index is 0.121. The monoisotopic (exact) mass is 508 g/mol. The third-order valence-corrected chi connectivity index (χ3v) is 7.56. The van der Waals surface area contributed by atoms with E-state index >= 15 is 0 Å². The molecule has 0 aliphatic carbocycles. The van der Waals surface area contributed by atoms with Crippen LogP contribution >= 0.6 is 0 Å². The molecule has 1 aliphatic rings. The highest BCUT2D eigenvalue weighted by molar-refractivity contribution is 7.92. The van der Waals surface area contributed by atoms with Crippen LogP contribution < -0.4 is 4.31 Å². The zero-order chi connectivity index (χ0) is 26.6. The molecule has 0 amide bonds. The molecule has 0 bridgehead atoms. The summed E-state index contributed by atoms with van der Waals surface area (Å²) in [6.07, 6.45) is 3.25. The summed E-state index contributed by atoms with van der Waals surface area (Å²) >= 11 is 0. The number of carboxylic acids is 1. The zero-order valence-electron chi connectivity index (χ0n) is 21.7. The molecule has 190 valence electrons. The molecule has 4 rings (SSSR count). The second-order valence-corrected chi connectivity index (χ2v) is 12.3. The van der Waals surface area contributed by atoms with Crippen LogP contribution in [0.3, 0.4) is 0 Å².